The number of aryl methyl sites for hydroxylation is 1. The summed E-state index contributed by atoms with van der Waals surface area (Å²) in [5.74, 6) is 0.770. The maximum Gasteiger partial charge on any atom is 0.0734 e. The van der Waals surface area contributed by atoms with E-state index in [1.807, 2.05) is 24.7 Å². The third-order valence-electron chi connectivity index (χ3n) is 6.02. The van der Waals surface area contributed by atoms with Crippen LogP contribution in [0, 0.1) is 18.3 Å². The summed E-state index contributed by atoms with van der Waals surface area (Å²) in [5, 5.41) is 0. The third kappa shape index (κ3) is 3.60. The van der Waals surface area contributed by atoms with Crippen LogP contribution < -0.4 is 0 Å². The first-order valence-electron chi connectivity index (χ1n) is 9.35. The number of hydrogen-bond donors (Lipinski definition) is 0. The normalized spacial score (nSPS) is 26.0. The molecule has 0 radical (unpaired) electrons. The number of fused-ring (bicyclic) bond motifs is 1. The van der Waals surface area contributed by atoms with Crippen LogP contribution >= 0.6 is 0 Å². The highest BCUT2D eigenvalue weighted by Gasteiger charge is 2.49. The van der Waals surface area contributed by atoms with Crippen LogP contribution in [-0.4, -0.2) is 34.6 Å². The molecule has 25 heavy (non-hydrogen) atoms. The lowest BCUT2D eigenvalue weighted by molar-refractivity contribution is 0.0263. The van der Waals surface area contributed by atoms with Gasteiger partial charge in [0.25, 0.3) is 0 Å². The van der Waals surface area contributed by atoms with E-state index in [1.54, 1.807) is 0 Å². The molecular formula is C21H27N3O. The Morgan fingerprint density at radius 2 is 2.24 bits per heavy atom. The summed E-state index contributed by atoms with van der Waals surface area (Å²) in [5.41, 5.74) is 3.98. The van der Waals surface area contributed by atoms with Crippen molar-refractivity contribution in [2.75, 3.05) is 19.7 Å². The summed E-state index contributed by atoms with van der Waals surface area (Å²) in [6, 6.07) is 8.24. The molecule has 2 aromatic heterocycles. The van der Waals surface area contributed by atoms with Gasteiger partial charge in [-0.25, -0.2) is 0 Å². The molecule has 0 aromatic carbocycles. The Balaban J connectivity index is 1.37. The van der Waals surface area contributed by atoms with Crippen LogP contribution in [0.25, 0.3) is 0 Å². The van der Waals surface area contributed by atoms with Crippen LogP contribution in [0.1, 0.15) is 36.1 Å². The van der Waals surface area contributed by atoms with Crippen molar-refractivity contribution in [2.45, 2.75) is 39.3 Å². The minimum atomic E-state index is 0.338. The lowest BCUT2D eigenvalue weighted by atomic mass is 9.81. The second kappa shape index (κ2) is 7.22. The van der Waals surface area contributed by atoms with Gasteiger partial charge in [-0.15, -0.1) is 0 Å². The van der Waals surface area contributed by atoms with Gasteiger partial charge < -0.3 is 4.74 Å². The molecule has 1 saturated heterocycles. The fraction of sp³-hybridized carbons (Fsp3) is 0.524. The zero-order chi connectivity index (χ0) is 17.1. The molecule has 4 rings (SSSR count). The number of aromatic nitrogens is 2. The van der Waals surface area contributed by atoms with Crippen molar-refractivity contribution < 1.29 is 4.74 Å². The van der Waals surface area contributed by atoms with Crippen LogP contribution in [0.2, 0.25) is 0 Å². The van der Waals surface area contributed by atoms with E-state index in [0.29, 0.717) is 12.0 Å². The second-order valence-electron chi connectivity index (χ2n) is 7.74. The Bertz CT molecular complexity index is 705. The Kier molecular flexibility index (Phi) is 4.82. The number of pyridine rings is 2. The monoisotopic (exact) mass is 337 g/mol. The molecule has 2 fully saturated rings. The van der Waals surface area contributed by atoms with E-state index < -0.39 is 0 Å². The molecule has 0 N–H and O–H groups in total. The molecule has 1 aliphatic carbocycles. The molecule has 4 heteroatoms. The maximum absolute atomic E-state index is 6.21. The van der Waals surface area contributed by atoms with E-state index in [0.717, 1.165) is 25.6 Å². The molecule has 2 aromatic rings. The van der Waals surface area contributed by atoms with Crippen LogP contribution in [0.15, 0.2) is 42.9 Å². The van der Waals surface area contributed by atoms with Crippen molar-refractivity contribution in [1.29, 1.82) is 0 Å². The average molecular weight is 337 g/mol. The molecule has 0 spiro atoms. The average Bonchev–Trinajstić information content (AvgIpc) is 3.14. The standard InChI is InChI=1S/C21H27N3O/c1-17-7-10-22-11-18(17)14-25-16-21-8-4-5-19(21)12-24(15-21)13-20-6-2-3-9-23-20/h2-3,6-7,9-11,19H,4-5,8,12-16H2,1H3/t19-,21+/m0/s1. The number of likely N-dealkylation sites (tertiary alicyclic amines) is 1. The molecule has 2 atom stereocenters. The van der Waals surface area contributed by atoms with Crippen molar-refractivity contribution >= 4 is 0 Å². The first-order chi connectivity index (χ1) is 12.3. The smallest absolute Gasteiger partial charge is 0.0734 e. The quantitative estimate of drug-likeness (QED) is 0.807. The molecule has 1 aliphatic heterocycles. The van der Waals surface area contributed by atoms with Crippen molar-refractivity contribution in [1.82, 2.24) is 14.9 Å². The van der Waals surface area contributed by atoms with Crippen LogP contribution in [0.4, 0.5) is 0 Å². The van der Waals surface area contributed by atoms with E-state index in [-0.39, 0.29) is 0 Å². The zero-order valence-electron chi connectivity index (χ0n) is 15.0. The minimum Gasteiger partial charge on any atom is -0.376 e. The summed E-state index contributed by atoms with van der Waals surface area (Å²) in [7, 11) is 0. The summed E-state index contributed by atoms with van der Waals surface area (Å²) in [4.78, 5) is 11.3. The first kappa shape index (κ1) is 16.7. The van der Waals surface area contributed by atoms with Gasteiger partial charge in [-0.2, -0.15) is 0 Å². The molecular weight excluding hydrogens is 310 g/mol. The van der Waals surface area contributed by atoms with Gasteiger partial charge in [0.2, 0.25) is 0 Å². The highest BCUT2D eigenvalue weighted by molar-refractivity contribution is 5.20. The van der Waals surface area contributed by atoms with E-state index in [9.17, 15) is 0 Å². The SMILES string of the molecule is Cc1ccncc1COC[C@]12CCC[C@H]1CN(Cc1ccccn1)C2. The third-order valence-corrected chi connectivity index (χ3v) is 6.02. The van der Waals surface area contributed by atoms with Crippen LogP contribution in [0.3, 0.4) is 0 Å². The fourth-order valence-electron chi connectivity index (χ4n) is 4.61. The van der Waals surface area contributed by atoms with E-state index in [4.69, 9.17) is 4.74 Å². The van der Waals surface area contributed by atoms with Crippen LogP contribution in [0.5, 0.6) is 0 Å². The molecule has 0 amide bonds. The second-order valence-corrected chi connectivity index (χ2v) is 7.74. The van der Waals surface area contributed by atoms with E-state index in [2.05, 4.69) is 40.0 Å². The number of ether oxygens (including phenoxy) is 1. The number of rotatable bonds is 6. The van der Waals surface area contributed by atoms with Crippen molar-refractivity contribution in [2.24, 2.45) is 11.3 Å². The molecule has 2 aliphatic rings. The Morgan fingerprint density at radius 1 is 1.28 bits per heavy atom. The lowest BCUT2D eigenvalue weighted by Gasteiger charge is -2.29. The van der Waals surface area contributed by atoms with Gasteiger partial charge in [-0.05, 0) is 55.0 Å². The number of nitrogens with zero attached hydrogens (tertiary/aromatic N) is 3. The van der Waals surface area contributed by atoms with Crippen molar-refractivity contribution in [3.63, 3.8) is 0 Å². The maximum atomic E-state index is 6.21. The molecule has 1 saturated carbocycles. The molecule has 132 valence electrons. The Labute approximate surface area is 150 Å². The lowest BCUT2D eigenvalue weighted by Crippen LogP contribution is -2.32. The van der Waals surface area contributed by atoms with Crippen LogP contribution in [-0.2, 0) is 17.9 Å². The van der Waals surface area contributed by atoms with Gasteiger partial charge in [-0.3, -0.25) is 14.9 Å². The topological polar surface area (TPSA) is 38.2 Å². The first-order valence-corrected chi connectivity index (χ1v) is 9.35. The molecule has 3 heterocycles. The van der Waals surface area contributed by atoms with Gasteiger partial charge >= 0.3 is 0 Å². The van der Waals surface area contributed by atoms with Gasteiger partial charge in [-0.1, -0.05) is 12.5 Å². The van der Waals surface area contributed by atoms with Crippen molar-refractivity contribution in [3.8, 4) is 0 Å². The highest BCUT2D eigenvalue weighted by Crippen LogP contribution is 2.49. The highest BCUT2D eigenvalue weighted by atomic mass is 16.5. The van der Waals surface area contributed by atoms with Crippen molar-refractivity contribution in [3.05, 3.63) is 59.7 Å². The minimum absolute atomic E-state index is 0.338. The van der Waals surface area contributed by atoms with E-state index in [1.165, 1.54) is 42.6 Å². The predicted molar refractivity (Wildman–Crippen MR) is 97.9 cm³/mol. The zero-order valence-corrected chi connectivity index (χ0v) is 15.0. The van der Waals surface area contributed by atoms with Gasteiger partial charge in [0.1, 0.15) is 0 Å². The molecule has 0 bridgehead atoms. The largest absolute Gasteiger partial charge is 0.376 e. The fourth-order valence-corrected chi connectivity index (χ4v) is 4.61. The Morgan fingerprint density at radius 3 is 3.08 bits per heavy atom. The number of hydrogen-bond acceptors (Lipinski definition) is 4. The summed E-state index contributed by atoms with van der Waals surface area (Å²) < 4.78 is 6.21. The summed E-state index contributed by atoms with van der Waals surface area (Å²) in [6.45, 7) is 6.95. The molecule has 4 nitrogen and oxygen atoms in total. The predicted octanol–water partition coefficient (Wildman–Crippen LogP) is 3.60. The van der Waals surface area contributed by atoms with E-state index >= 15 is 0 Å². The summed E-state index contributed by atoms with van der Waals surface area (Å²) in [6.07, 6.45) is 9.65. The van der Waals surface area contributed by atoms with Gasteiger partial charge in [0.15, 0.2) is 0 Å². The molecule has 0 unspecified atom stereocenters. The Hall–Kier alpha value is -1.78. The van der Waals surface area contributed by atoms with Gasteiger partial charge in [0, 0.05) is 43.6 Å². The van der Waals surface area contributed by atoms with Gasteiger partial charge in [0.05, 0.1) is 18.9 Å². The summed E-state index contributed by atoms with van der Waals surface area (Å²) >= 11 is 0.